The third-order valence-corrected chi connectivity index (χ3v) is 4.38. The van der Waals surface area contributed by atoms with Crippen molar-refractivity contribution in [3.8, 4) is 0 Å². The lowest BCUT2D eigenvalue weighted by molar-refractivity contribution is -0.134. The molecule has 3 rings (SSSR count). The number of nitrogens with zero attached hydrogens (tertiary/aromatic N) is 4. The molecule has 11 heteroatoms. The van der Waals surface area contributed by atoms with Crippen LogP contribution >= 0.6 is 0 Å². The minimum atomic E-state index is -1.26. The van der Waals surface area contributed by atoms with Gasteiger partial charge in [-0.2, -0.15) is 0 Å². The van der Waals surface area contributed by atoms with Gasteiger partial charge in [-0.15, -0.1) is 0 Å². The molecule has 2 aliphatic heterocycles. The molecular formula is C23H34N4O7. The topological polar surface area (TPSA) is 144 Å². The third-order valence-electron chi connectivity index (χ3n) is 4.38. The number of carbonyl (C=O) groups is 2. The molecule has 3 N–H and O–H groups in total. The zero-order chi connectivity index (χ0) is 25.2. The van der Waals surface area contributed by atoms with Gasteiger partial charge in [-0.3, -0.25) is 0 Å². The molecule has 2 heterocycles. The van der Waals surface area contributed by atoms with Crippen LogP contribution in [0.5, 0.6) is 0 Å². The monoisotopic (exact) mass is 478 g/mol. The molecule has 0 aromatic heterocycles. The number of carboxylic acids is 2. The predicted octanol–water partition coefficient (Wildman–Crippen LogP) is 1.47. The van der Waals surface area contributed by atoms with E-state index < -0.39 is 11.9 Å². The fraction of sp³-hybridized carbons (Fsp3) is 0.478. The lowest BCUT2D eigenvalue weighted by Gasteiger charge is -2.31. The molecule has 2 fully saturated rings. The summed E-state index contributed by atoms with van der Waals surface area (Å²) < 4.78 is 10.9. The van der Waals surface area contributed by atoms with Crippen molar-refractivity contribution in [2.45, 2.75) is 13.8 Å². The normalized spacial score (nSPS) is 16.8. The molecule has 2 aliphatic rings. The van der Waals surface area contributed by atoms with Gasteiger partial charge in [-0.05, 0) is 26.0 Å². The predicted molar refractivity (Wildman–Crippen MR) is 129 cm³/mol. The zero-order valence-corrected chi connectivity index (χ0v) is 19.7. The van der Waals surface area contributed by atoms with Gasteiger partial charge in [-0.1, -0.05) is 18.2 Å². The van der Waals surface area contributed by atoms with Crippen LogP contribution in [0.25, 0.3) is 0 Å². The van der Waals surface area contributed by atoms with Crippen LogP contribution in [0.3, 0.4) is 0 Å². The molecule has 0 saturated carbocycles. The lowest BCUT2D eigenvalue weighted by atomic mass is 10.3. The van der Waals surface area contributed by atoms with Crippen LogP contribution in [0.4, 0.5) is 5.69 Å². The number of aliphatic imine (C=N–C) groups is 2. The Morgan fingerprint density at radius 2 is 1.35 bits per heavy atom. The Morgan fingerprint density at radius 3 is 1.79 bits per heavy atom. The Hall–Kier alpha value is -3.28. The van der Waals surface area contributed by atoms with E-state index in [4.69, 9.17) is 34.8 Å². The molecule has 34 heavy (non-hydrogen) atoms. The van der Waals surface area contributed by atoms with E-state index in [1.165, 1.54) is 0 Å². The summed E-state index contributed by atoms with van der Waals surface area (Å²) in [5.41, 5.74) is 0.924. The maximum Gasteiger partial charge on any atom is 0.328 e. The van der Waals surface area contributed by atoms with Crippen LogP contribution in [-0.2, 0) is 19.1 Å². The van der Waals surface area contributed by atoms with Crippen molar-refractivity contribution in [2.24, 2.45) is 9.98 Å². The summed E-state index contributed by atoms with van der Waals surface area (Å²) in [4.78, 5) is 33.1. The Morgan fingerprint density at radius 1 is 0.912 bits per heavy atom. The SMILES string of the molecule is CC(=NC(=Nc1ccccc1)N1CCOCC1)N1CCOCC1.CCO.O=C(O)C=CC(=O)O. The highest BCUT2D eigenvalue weighted by atomic mass is 16.5. The minimum absolute atomic E-state index is 0.250. The van der Waals surface area contributed by atoms with Crippen molar-refractivity contribution in [3.05, 3.63) is 42.5 Å². The Labute approximate surface area is 199 Å². The standard InChI is InChI=1S/C17H24N4O2.C4H4O4.C2H6O/c1-15(20-7-11-22-12-8-20)18-17(21-9-13-23-14-10-21)19-16-5-3-2-4-6-16;5-3(6)1-2-4(7)8;1-2-3/h2-6H,7-14H2,1H3;1-2H,(H,5,6)(H,7,8);3H,2H2,1H3. The maximum absolute atomic E-state index is 9.55. The van der Waals surface area contributed by atoms with Crippen molar-refractivity contribution < 1.29 is 34.4 Å². The number of morpholine rings is 2. The fourth-order valence-corrected chi connectivity index (χ4v) is 2.79. The third kappa shape index (κ3) is 12.7. The van der Waals surface area contributed by atoms with Crippen molar-refractivity contribution in [3.63, 3.8) is 0 Å². The fourth-order valence-electron chi connectivity index (χ4n) is 2.79. The van der Waals surface area contributed by atoms with Gasteiger partial charge < -0.3 is 34.6 Å². The lowest BCUT2D eigenvalue weighted by Crippen LogP contribution is -2.43. The number of rotatable bonds is 3. The molecule has 0 bridgehead atoms. The first kappa shape index (κ1) is 28.8. The van der Waals surface area contributed by atoms with E-state index in [1.54, 1.807) is 6.92 Å². The molecule has 0 atom stereocenters. The molecule has 188 valence electrons. The van der Waals surface area contributed by atoms with Gasteiger partial charge in [0.1, 0.15) is 5.84 Å². The molecule has 0 aliphatic carbocycles. The summed E-state index contributed by atoms with van der Waals surface area (Å²) in [5.74, 6) is -0.752. The number of carboxylic acid groups (broad SMARTS) is 2. The van der Waals surface area contributed by atoms with Crippen LogP contribution in [-0.4, -0.2) is 108 Å². The average Bonchev–Trinajstić information content (AvgIpc) is 2.85. The van der Waals surface area contributed by atoms with Crippen LogP contribution in [0.1, 0.15) is 13.8 Å². The second-order valence-electron chi connectivity index (χ2n) is 6.93. The molecule has 1 aromatic carbocycles. The molecule has 11 nitrogen and oxygen atoms in total. The van der Waals surface area contributed by atoms with Crippen LogP contribution < -0.4 is 0 Å². The first-order valence-electron chi connectivity index (χ1n) is 11.0. The van der Waals surface area contributed by atoms with Gasteiger partial charge in [0, 0.05) is 44.9 Å². The minimum Gasteiger partial charge on any atom is -0.478 e. The largest absolute Gasteiger partial charge is 0.478 e. The van der Waals surface area contributed by atoms with Crippen LogP contribution in [0, 0.1) is 0 Å². The van der Waals surface area contributed by atoms with E-state index in [2.05, 4.69) is 9.80 Å². The molecule has 1 aromatic rings. The number of hydrogen-bond donors (Lipinski definition) is 3. The summed E-state index contributed by atoms with van der Waals surface area (Å²) in [5, 5.41) is 23.2. The van der Waals surface area contributed by atoms with E-state index in [9.17, 15) is 9.59 Å². The van der Waals surface area contributed by atoms with E-state index >= 15 is 0 Å². The quantitative estimate of drug-likeness (QED) is 0.334. The number of aliphatic hydroxyl groups excluding tert-OH is 1. The van der Waals surface area contributed by atoms with Gasteiger partial charge in [0.15, 0.2) is 0 Å². The highest BCUT2D eigenvalue weighted by Gasteiger charge is 2.17. The summed E-state index contributed by atoms with van der Waals surface area (Å²) in [6, 6.07) is 9.98. The van der Waals surface area contributed by atoms with Gasteiger partial charge in [0.25, 0.3) is 0 Å². The summed E-state index contributed by atoms with van der Waals surface area (Å²) in [7, 11) is 0. The number of aliphatic carboxylic acids is 2. The number of ether oxygens (including phenoxy) is 2. The highest BCUT2D eigenvalue weighted by Crippen LogP contribution is 2.13. The second kappa shape index (κ2) is 17.2. The number of benzene rings is 1. The number of aliphatic hydroxyl groups is 1. The average molecular weight is 479 g/mol. The van der Waals surface area contributed by atoms with Gasteiger partial charge in [0.05, 0.1) is 32.1 Å². The van der Waals surface area contributed by atoms with E-state index in [-0.39, 0.29) is 6.61 Å². The molecular weight excluding hydrogens is 444 g/mol. The second-order valence-corrected chi connectivity index (χ2v) is 6.93. The van der Waals surface area contributed by atoms with Crippen LogP contribution in [0.15, 0.2) is 52.5 Å². The first-order valence-corrected chi connectivity index (χ1v) is 11.0. The number of hydrogen-bond acceptors (Lipinski definition) is 6. The Balaban J connectivity index is 0.000000443. The summed E-state index contributed by atoms with van der Waals surface area (Å²) >= 11 is 0. The van der Waals surface area contributed by atoms with Gasteiger partial charge in [0.2, 0.25) is 5.96 Å². The first-order chi connectivity index (χ1) is 16.4. The maximum atomic E-state index is 9.55. The summed E-state index contributed by atoms with van der Waals surface area (Å²) in [6.07, 6.45) is 1.12. The molecule has 2 saturated heterocycles. The molecule has 0 spiro atoms. The van der Waals surface area contributed by atoms with Crippen molar-refractivity contribution >= 4 is 29.4 Å². The molecule has 0 radical (unpaired) electrons. The van der Waals surface area contributed by atoms with Crippen molar-refractivity contribution in [1.29, 1.82) is 0 Å². The molecule has 0 amide bonds. The van der Waals surface area contributed by atoms with E-state index in [0.29, 0.717) is 12.2 Å². The number of guanidine groups is 1. The summed E-state index contributed by atoms with van der Waals surface area (Å²) in [6.45, 7) is 10.4. The Kier molecular flexibility index (Phi) is 14.6. The number of amidine groups is 1. The van der Waals surface area contributed by atoms with Gasteiger partial charge in [-0.25, -0.2) is 19.6 Å². The van der Waals surface area contributed by atoms with Crippen molar-refractivity contribution in [2.75, 3.05) is 59.2 Å². The highest BCUT2D eigenvalue weighted by molar-refractivity contribution is 5.96. The molecule has 0 unspecified atom stereocenters. The van der Waals surface area contributed by atoms with Crippen LogP contribution in [0.2, 0.25) is 0 Å². The van der Waals surface area contributed by atoms with Gasteiger partial charge >= 0.3 is 11.9 Å². The Bertz CT molecular complexity index is 800. The van der Waals surface area contributed by atoms with Crippen molar-refractivity contribution in [1.82, 2.24) is 9.80 Å². The number of para-hydroxylation sites is 1. The smallest absolute Gasteiger partial charge is 0.328 e. The van der Waals surface area contributed by atoms with E-state index in [0.717, 1.165) is 70.1 Å². The zero-order valence-electron chi connectivity index (χ0n) is 19.7. The van der Waals surface area contributed by atoms with E-state index in [1.807, 2.05) is 37.3 Å².